The number of likely N-dealkylation sites (tertiary alicyclic amines) is 1. The molecule has 2 amide bonds. The van der Waals surface area contributed by atoms with Crippen LogP contribution >= 0.6 is 0 Å². The zero-order valence-corrected chi connectivity index (χ0v) is 17.6. The minimum absolute atomic E-state index is 0.0580. The molecular weight excluding hydrogens is 384 g/mol. The van der Waals surface area contributed by atoms with Crippen LogP contribution in [0.15, 0.2) is 48.5 Å². The van der Waals surface area contributed by atoms with Crippen LogP contribution in [0.3, 0.4) is 0 Å². The van der Waals surface area contributed by atoms with E-state index in [1.807, 2.05) is 69.3 Å². The maximum absolute atomic E-state index is 12.2. The molecule has 1 unspecified atom stereocenters. The molecule has 30 heavy (non-hydrogen) atoms. The van der Waals surface area contributed by atoms with Gasteiger partial charge in [-0.3, -0.25) is 4.79 Å². The lowest BCUT2D eigenvalue weighted by atomic mass is 10.2. The van der Waals surface area contributed by atoms with Gasteiger partial charge >= 0.3 is 6.09 Å². The van der Waals surface area contributed by atoms with Gasteiger partial charge in [-0.2, -0.15) is 0 Å². The van der Waals surface area contributed by atoms with Crippen LogP contribution in [0.2, 0.25) is 0 Å². The summed E-state index contributed by atoms with van der Waals surface area (Å²) in [5.74, 6) is 1.45. The largest absolute Gasteiger partial charge is 0.489 e. The van der Waals surface area contributed by atoms with Crippen molar-refractivity contribution in [3.8, 4) is 11.5 Å². The van der Waals surface area contributed by atoms with Gasteiger partial charge < -0.3 is 24.4 Å². The number of carbonyl (C=O) groups excluding carboxylic acids is 2. The molecule has 1 atom stereocenters. The van der Waals surface area contributed by atoms with Crippen LogP contribution in [-0.4, -0.2) is 42.2 Å². The second-order valence-electron chi connectivity index (χ2n) is 8.18. The van der Waals surface area contributed by atoms with Crippen LogP contribution in [0.1, 0.15) is 32.8 Å². The zero-order valence-electron chi connectivity index (χ0n) is 17.6. The van der Waals surface area contributed by atoms with E-state index in [4.69, 9.17) is 14.2 Å². The molecule has 7 nitrogen and oxygen atoms in total. The topological polar surface area (TPSA) is 77.1 Å². The molecule has 1 heterocycles. The summed E-state index contributed by atoms with van der Waals surface area (Å²) in [6, 6.07) is 14.9. The Hall–Kier alpha value is -3.22. The Bertz CT molecular complexity index is 861. The normalized spacial score (nSPS) is 16.1. The highest BCUT2D eigenvalue weighted by atomic mass is 16.6. The monoisotopic (exact) mass is 412 g/mol. The highest BCUT2D eigenvalue weighted by Gasteiger charge is 2.30. The van der Waals surface area contributed by atoms with Crippen LogP contribution in [0.5, 0.6) is 11.5 Å². The van der Waals surface area contributed by atoms with Crippen molar-refractivity contribution in [3.63, 3.8) is 0 Å². The standard InChI is InChI=1S/C23H28N2O5/c1-23(2,3)30-22(27)25-12-11-21(14-25)29-20-9-7-19(8-10-20)28-15-17-5-4-6-18(13-17)24-16-26/h4-10,13,16,21H,11-12,14-15H2,1-3H3,(H,24,26). The number of amides is 2. The number of hydrogen-bond donors (Lipinski definition) is 1. The predicted molar refractivity (Wildman–Crippen MR) is 114 cm³/mol. The van der Waals surface area contributed by atoms with Crippen molar-refractivity contribution in [2.24, 2.45) is 0 Å². The average Bonchev–Trinajstić information content (AvgIpc) is 3.16. The molecule has 0 saturated carbocycles. The Kier molecular flexibility index (Phi) is 6.82. The molecule has 160 valence electrons. The molecule has 0 aromatic heterocycles. The van der Waals surface area contributed by atoms with Gasteiger partial charge in [0, 0.05) is 18.7 Å². The van der Waals surface area contributed by atoms with Crippen LogP contribution < -0.4 is 14.8 Å². The number of ether oxygens (including phenoxy) is 3. The summed E-state index contributed by atoms with van der Waals surface area (Å²) in [5.41, 5.74) is 1.18. The smallest absolute Gasteiger partial charge is 0.410 e. The molecule has 1 aliphatic rings. The first-order valence-corrected chi connectivity index (χ1v) is 9.99. The first-order chi connectivity index (χ1) is 14.3. The molecule has 2 aromatic rings. The summed E-state index contributed by atoms with van der Waals surface area (Å²) in [6.07, 6.45) is 1.06. The molecule has 7 heteroatoms. The molecule has 3 rings (SSSR count). The fourth-order valence-corrected chi connectivity index (χ4v) is 3.11. The van der Waals surface area contributed by atoms with Crippen molar-refractivity contribution < 1.29 is 23.8 Å². The SMILES string of the molecule is CC(C)(C)OC(=O)N1CCC(Oc2ccc(OCc3cccc(NC=O)c3)cc2)C1. The number of nitrogens with one attached hydrogen (secondary N) is 1. The van der Waals surface area contributed by atoms with Crippen molar-refractivity contribution in [3.05, 3.63) is 54.1 Å². The average molecular weight is 412 g/mol. The third-order valence-corrected chi connectivity index (χ3v) is 4.48. The summed E-state index contributed by atoms with van der Waals surface area (Å²) in [6.45, 7) is 7.10. The van der Waals surface area contributed by atoms with Gasteiger partial charge in [0.15, 0.2) is 0 Å². The number of nitrogens with zero attached hydrogens (tertiary/aromatic N) is 1. The first kappa shape index (κ1) is 21.5. The van der Waals surface area contributed by atoms with Gasteiger partial charge in [-0.25, -0.2) is 4.79 Å². The lowest BCUT2D eigenvalue weighted by molar-refractivity contribution is -0.105. The highest BCUT2D eigenvalue weighted by molar-refractivity contribution is 5.71. The highest BCUT2D eigenvalue weighted by Crippen LogP contribution is 2.23. The zero-order chi connectivity index (χ0) is 21.6. The van der Waals surface area contributed by atoms with Gasteiger partial charge in [-0.05, 0) is 62.7 Å². The van der Waals surface area contributed by atoms with Crippen molar-refractivity contribution in [2.75, 3.05) is 18.4 Å². The van der Waals surface area contributed by atoms with E-state index in [0.29, 0.717) is 26.1 Å². The van der Waals surface area contributed by atoms with Gasteiger partial charge in [0.05, 0.1) is 6.54 Å². The Labute approximate surface area is 176 Å². The van der Waals surface area contributed by atoms with Crippen LogP contribution in [0, 0.1) is 0 Å². The van der Waals surface area contributed by atoms with Gasteiger partial charge in [0.1, 0.15) is 29.8 Å². The van der Waals surface area contributed by atoms with Crippen LogP contribution in [-0.2, 0) is 16.1 Å². The summed E-state index contributed by atoms with van der Waals surface area (Å²) < 4.78 is 17.2. The van der Waals surface area contributed by atoms with E-state index >= 15 is 0 Å². The third-order valence-electron chi connectivity index (χ3n) is 4.48. The van der Waals surface area contributed by atoms with Gasteiger partial charge in [-0.1, -0.05) is 12.1 Å². The van der Waals surface area contributed by atoms with E-state index in [0.717, 1.165) is 29.2 Å². The summed E-state index contributed by atoms with van der Waals surface area (Å²) >= 11 is 0. The molecule has 0 radical (unpaired) electrons. The molecule has 1 saturated heterocycles. The molecule has 1 aliphatic heterocycles. The van der Waals surface area contributed by atoms with E-state index in [1.54, 1.807) is 4.90 Å². The lowest BCUT2D eigenvalue weighted by Crippen LogP contribution is -2.36. The number of carbonyl (C=O) groups is 2. The summed E-state index contributed by atoms with van der Waals surface area (Å²) in [7, 11) is 0. The van der Waals surface area contributed by atoms with E-state index in [-0.39, 0.29) is 12.2 Å². The van der Waals surface area contributed by atoms with Gasteiger partial charge in [-0.15, -0.1) is 0 Å². The quantitative estimate of drug-likeness (QED) is 0.689. The minimum Gasteiger partial charge on any atom is -0.489 e. The molecule has 0 spiro atoms. The molecule has 0 aliphatic carbocycles. The second-order valence-corrected chi connectivity index (χ2v) is 8.18. The number of anilines is 1. The molecule has 1 fully saturated rings. The Morgan fingerprint density at radius 1 is 1.17 bits per heavy atom. The van der Waals surface area contributed by atoms with Gasteiger partial charge in [0.2, 0.25) is 6.41 Å². The maximum atomic E-state index is 12.2. The Balaban J connectivity index is 1.47. The van der Waals surface area contributed by atoms with E-state index in [9.17, 15) is 9.59 Å². The fourth-order valence-electron chi connectivity index (χ4n) is 3.11. The van der Waals surface area contributed by atoms with E-state index < -0.39 is 5.60 Å². The van der Waals surface area contributed by atoms with E-state index in [1.165, 1.54) is 0 Å². The molecule has 2 aromatic carbocycles. The first-order valence-electron chi connectivity index (χ1n) is 9.99. The minimum atomic E-state index is -0.502. The van der Waals surface area contributed by atoms with Crippen LogP contribution in [0.4, 0.5) is 10.5 Å². The maximum Gasteiger partial charge on any atom is 0.410 e. The number of hydrogen-bond acceptors (Lipinski definition) is 5. The van der Waals surface area contributed by atoms with E-state index in [2.05, 4.69) is 5.32 Å². The van der Waals surface area contributed by atoms with Gasteiger partial charge in [0.25, 0.3) is 0 Å². The molecule has 0 bridgehead atoms. The summed E-state index contributed by atoms with van der Waals surface area (Å²) in [4.78, 5) is 24.4. The van der Waals surface area contributed by atoms with Crippen molar-refractivity contribution in [2.45, 2.75) is 45.5 Å². The fraction of sp³-hybridized carbons (Fsp3) is 0.391. The second kappa shape index (κ2) is 9.52. The Morgan fingerprint density at radius 3 is 2.60 bits per heavy atom. The van der Waals surface area contributed by atoms with Crippen molar-refractivity contribution >= 4 is 18.2 Å². The summed E-state index contributed by atoms with van der Waals surface area (Å²) in [5, 5.41) is 2.62. The Morgan fingerprint density at radius 2 is 1.90 bits per heavy atom. The predicted octanol–water partition coefficient (Wildman–Crippen LogP) is 4.22. The van der Waals surface area contributed by atoms with Crippen molar-refractivity contribution in [1.29, 1.82) is 0 Å². The number of rotatable bonds is 7. The molecular formula is C23H28N2O5. The van der Waals surface area contributed by atoms with Crippen molar-refractivity contribution in [1.82, 2.24) is 4.90 Å². The number of benzene rings is 2. The molecule has 1 N–H and O–H groups in total. The van der Waals surface area contributed by atoms with Crippen LogP contribution in [0.25, 0.3) is 0 Å². The third kappa shape index (κ3) is 6.40. The lowest BCUT2D eigenvalue weighted by Gasteiger charge is -2.24.